The Hall–Kier alpha value is -3.46. The number of aromatic nitrogens is 2. The van der Waals surface area contributed by atoms with Crippen LogP contribution in [0.5, 0.6) is 11.5 Å². The third kappa shape index (κ3) is 4.41. The summed E-state index contributed by atoms with van der Waals surface area (Å²) < 4.78 is 34.3. The Morgan fingerprint density at radius 1 is 0.967 bits per heavy atom. The third-order valence-corrected chi connectivity index (χ3v) is 6.02. The number of carbonyl (C=O) groups is 1. The molecule has 3 rings (SSSR count). The van der Waals surface area contributed by atoms with Gasteiger partial charge in [-0.2, -0.15) is 0 Å². The van der Waals surface area contributed by atoms with E-state index in [-0.39, 0.29) is 16.3 Å². The molecule has 1 amide bonds. The summed E-state index contributed by atoms with van der Waals surface area (Å²) >= 11 is 0. The molecule has 8 nitrogen and oxygen atoms in total. The molecule has 3 aromatic rings. The van der Waals surface area contributed by atoms with Gasteiger partial charge in [-0.1, -0.05) is 25.1 Å². The summed E-state index contributed by atoms with van der Waals surface area (Å²) in [6, 6.07) is 15.1. The number of rotatable bonds is 7. The average Bonchev–Trinajstić information content (AvgIpc) is 2.78. The highest BCUT2D eigenvalue weighted by Gasteiger charge is 2.19. The van der Waals surface area contributed by atoms with Crippen molar-refractivity contribution in [1.82, 2.24) is 10.2 Å². The van der Waals surface area contributed by atoms with Crippen molar-refractivity contribution in [2.45, 2.75) is 11.9 Å². The normalized spacial score (nSPS) is 11.0. The summed E-state index contributed by atoms with van der Waals surface area (Å²) in [6.07, 6.45) is 0. The Bertz CT molecular complexity index is 1140. The van der Waals surface area contributed by atoms with Gasteiger partial charge in [0.1, 0.15) is 17.1 Å². The minimum absolute atomic E-state index is 0.0467. The lowest BCUT2D eigenvalue weighted by Gasteiger charge is -2.13. The standard InChI is InChI=1S/C21H21N3O5S/c1-4-30(26,27)19-12-11-16(23-24-19)14-7-5-8-15(13-14)22-21(25)20-17(28-2)9-6-10-18(20)29-3/h5-13H,4H2,1-3H3,(H,22,25). The van der Waals surface area contributed by atoms with Crippen molar-refractivity contribution in [1.29, 1.82) is 0 Å². The Balaban J connectivity index is 1.87. The van der Waals surface area contributed by atoms with Crippen LogP contribution in [0.15, 0.2) is 59.6 Å². The van der Waals surface area contributed by atoms with Crippen LogP contribution in [0.2, 0.25) is 0 Å². The van der Waals surface area contributed by atoms with Gasteiger partial charge in [0.25, 0.3) is 5.91 Å². The molecular weight excluding hydrogens is 406 g/mol. The molecular formula is C21H21N3O5S. The average molecular weight is 427 g/mol. The fourth-order valence-corrected chi connectivity index (χ4v) is 3.55. The molecule has 0 aliphatic carbocycles. The lowest BCUT2D eigenvalue weighted by molar-refractivity contribution is 0.102. The van der Waals surface area contributed by atoms with Crippen LogP contribution in [0.1, 0.15) is 17.3 Å². The number of benzene rings is 2. The van der Waals surface area contributed by atoms with Gasteiger partial charge in [0.2, 0.25) is 0 Å². The van der Waals surface area contributed by atoms with Crippen LogP contribution in [-0.4, -0.2) is 44.5 Å². The monoisotopic (exact) mass is 427 g/mol. The predicted octanol–water partition coefficient (Wildman–Crippen LogP) is 3.21. The van der Waals surface area contributed by atoms with E-state index in [9.17, 15) is 13.2 Å². The number of carbonyl (C=O) groups excluding carboxylic acids is 1. The Morgan fingerprint density at radius 3 is 2.20 bits per heavy atom. The molecule has 0 aliphatic rings. The van der Waals surface area contributed by atoms with Crippen molar-refractivity contribution in [3.8, 4) is 22.8 Å². The molecule has 0 fully saturated rings. The first-order valence-corrected chi connectivity index (χ1v) is 10.7. The van der Waals surface area contributed by atoms with Gasteiger partial charge in [0.15, 0.2) is 14.9 Å². The van der Waals surface area contributed by atoms with Crippen molar-refractivity contribution in [3.63, 3.8) is 0 Å². The van der Waals surface area contributed by atoms with Crippen LogP contribution in [0.4, 0.5) is 5.69 Å². The molecule has 1 heterocycles. The van der Waals surface area contributed by atoms with E-state index >= 15 is 0 Å². The van der Waals surface area contributed by atoms with Crippen LogP contribution in [0.3, 0.4) is 0 Å². The zero-order chi connectivity index (χ0) is 21.7. The zero-order valence-corrected chi connectivity index (χ0v) is 17.6. The number of hydrogen-bond donors (Lipinski definition) is 1. The molecule has 30 heavy (non-hydrogen) atoms. The van der Waals surface area contributed by atoms with Gasteiger partial charge >= 0.3 is 0 Å². The molecule has 0 bridgehead atoms. The Morgan fingerprint density at radius 2 is 1.63 bits per heavy atom. The molecule has 2 aromatic carbocycles. The Kier molecular flexibility index (Phi) is 6.31. The highest BCUT2D eigenvalue weighted by molar-refractivity contribution is 7.91. The van der Waals surface area contributed by atoms with E-state index in [1.807, 2.05) is 0 Å². The van der Waals surface area contributed by atoms with E-state index in [0.29, 0.717) is 28.4 Å². The molecule has 0 saturated carbocycles. The van der Waals surface area contributed by atoms with E-state index in [2.05, 4.69) is 15.5 Å². The number of nitrogens with zero attached hydrogens (tertiary/aromatic N) is 2. The molecule has 1 N–H and O–H groups in total. The predicted molar refractivity (Wildman–Crippen MR) is 113 cm³/mol. The second kappa shape index (κ2) is 8.91. The summed E-state index contributed by atoms with van der Waals surface area (Å²) in [5.74, 6) is 0.342. The molecule has 0 atom stereocenters. The van der Waals surface area contributed by atoms with E-state index in [0.717, 1.165) is 0 Å². The van der Waals surface area contributed by atoms with Gasteiger partial charge in [0.05, 0.1) is 25.7 Å². The fourth-order valence-electron chi connectivity index (χ4n) is 2.81. The summed E-state index contributed by atoms with van der Waals surface area (Å²) in [5, 5.41) is 10.6. The maximum atomic E-state index is 12.8. The SMILES string of the molecule is CCS(=O)(=O)c1ccc(-c2cccc(NC(=O)c3c(OC)cccc3OC)c2)nn1. The van der Waals surface area contributed by atoms with Crippen molar-refractivity contribution < 1.29 is 22.7 Å². The van der Waals surface area contributed by atoms with E-state index < -0.39 is 15.7 Å². The van der Waals surface area contributed by atoms with Crippen LogP contribution in [-0.2, 0) is 9.84 Å². The van der Waals surface area contributed by atoms with E-state index in [1.165, 1.54) is 20.3 Å². The first kappa shape index (κ1) is 21.3. The zero-order valence-electron chi connectivity index (χ0n) is 16.7. The van der Waals surface area contributed by atoms with Crippen molar-refractivity contribution in [2.24, 2.45) is 0 Å². The minimum Gasteiger partial charge on any atom is -0.496 e. The van der Waals surface area contributed by atoms with E-state index in [4.69, 9.17) is 9.47 Å². The first-order valence-electron chi connectivity index (χ1n) is 9.09. The van der Waals surface area contributed by atoms with Gasteiger partial charge in [-0.05, 0) is 36.4 Å². The number of methoxy groups -OCH3 is 2. The maximum Gasteiger partial charge on any atom is 0.263 e. The van der Waals surface area contributed by atoms with Gasteiger partial charge in [-0.25, -0.2) is 8.42 Å². The smallest absolute Gasteiger partial charge is 0.263 e. The first-order chi connectivity index (χ1) is 14.4. The summed E-state index contributed by atoms with van der Waals surface area (Å²) in [7, 11) is -0.461. The second-order valence-electron chi connectivity index (χ2n) is 6.23. The lowest BCUT2D eigenvalue weighted by atomic mass is 10.1. The van der Waals surface area contributed by atoms with Gasteiger partial charge in [-0.3, -0.25) is 4.79 Å². The third-order valence-electron chi connectivity index (χ3n) is 4.41. The largest absolute Gasteiger partial charge is 0.496 e. The highest BCUT2D eigenvalue weighted by atomic mass is 32.2. The molecule has 9 heteroatoms. The molecule has 0 unspecified atom stereocenters. The summed E-state index contributed by atoms with van der Waals surface area (Å²) in [4.78, 5) is 12.8. The van der Waals surface area contributed by atoms with Crippen LogP contribution in [0, 0.1) is 0 Å². The number of nitrogens with one attached hydrogen (secondary N) is 1. The van der Waals surface area contributed by atoms with Gasteiger partial charge in [0, 0.05) is 11.3 Å². The lowest BCUT2D eigenvalue weighted by Crippen LogP contribution is -2.14. The van der Waals surface area contributed by atoms with Crippen LogP contribution >= 0.6 is 0 Å². The number of ether oxygens (including phenoxy) is 2. The van der Waals surface area contributed by atoms with Crippen molar-refractivity contribution in [2.75, 3.05) is 25.3 Å². The number of hydrogen-bond acceptors (Lipinski definition) is 7. The molecule has 0 radical (unpaired) electrons. The highest BCUT2D eigenvalue weighted by Crippen LogP contribution is 2.29. The second-order valence-corrected chi connectivity index (χ2v) is 8.46. The quantitative estimate of drug-likeness (QED) is 0.617. The molecule has 0 aliphatic heterocycles. The number of sulfone groups is 1. The number of anilines is 1. The van der Waals surface area contributed by atoms with Gasteiger partial charge < -0.3 is 14.8 Å². The minimum atomic E-state index is -3.42. The van der Waals surface area contributed by atoms with Crippen molar-refractivity contribution in [3.05, 3.63) is 60.2 Å². The Labute approximate surface area is 174 Å². The summed E-state index contributed by atoms with van der Waals surface area (Å²) in [6.45, 7) is 1.55. The van der Waals surface area contributed by atoms with Crippen LogP contribution < -0.4 is 14.8 Å². The molecule has 1 aromatic heterocycles. The van der Waals surface area contributed by atoms with Crippen molar-refractivity contribution >= 4 is 21.4 Å². The fraction of sp³-hybridized carbons (Fsp3) is 0.190. The van der Waals surface area contributed by atoms with Crippen LogP contribution in [0.25, 0.3) is 11.3 Å². The molecule has 0 spiro atoms. The number of amides is 1. The topological polar surface area (TPSA) is 107 Å². The van der Waals surface area contributed by atoms with Gasteiger partial charge in [-0.15, -0.1) is 10.2 Å². The maximum absolute atomic E-state index is 12.8. The molecule has 156 valence electrons. The molecule has 0 saturated heterocycles. The summed E-state index contributed by atoms with van der Waals surface area (Å²) in [5.41, 5.74) is 1.96. The van der Waals surface area contributed by atoms with E-state index in [1.54, 1.807) is 55.5 Å².